The zero-order chi connectivity index (χ0) is 14.5. The van der Waals surface area contributed by atoms with Crippen molar-refractivity contribution in [3.8, 4) is 0 Å². The highest BCUT2D eigenvalue weighted by molar-refractivity contribution is 5.19. The second kappa shape index (κ2) is 7.01. The molecule has 0 aliphatic rings. The Balaban J connectivity index is 2.76. The van der Waals surface area contributed by atoms with Gasteiger partial charge in [-0.3, -0.25) is 4.90 Å². The van der Waals surface area contributed by atoms with E-state index < -0.39 is 0 Å². The predicted octanol–water partition coefficient (Wildman–Crippen LogP) is 3.06. The third-order valence-electron chi connectivity index (χ3n) is 4.14. The molecule has 0 radical (unpaired) electrons. The van der Waals surface area contributed by atoms with Crippen LogP contribution in [0.25, 0.3) is 0 Å². The van der Waals surface area contributed by atoms with E-state index in [4.69, 9.17) is 5.73 Å². The number of benzene rings is 1. The van der Waals surface area contributed by atoms with E-state index in [0.717, 1.165) is 18.5 Å². The normalized spacial score (nSPS) is 16.4. The smallest absolute Gasteiger partial charge is 0.123 e. The third kappa shape index (κ3) is 4.59. The number of rotatable bonds is 7. The Labute approximate surface area is 116 Å². The molecule has 3 heteroatoms. The summed E-state index contributed by atoms with van der Waals surface area (Å²) in [5, 5.41) is 0. The molecule has 0 aliphatic carbocycles. The molecule has 1 aromatic rings. The van der Waals surface area contributed by atoms with Gasteiger partial charge >= 0.3 is 0 Å². The van der Waals surface area contributed by atoms with Gasteiger partial charge in [0, 0.05) is 18.6 Å². The van der Waals surface area contributed by atoms with Crippen LogP contribution < -0.4 is 5.73 Å². The first-order valence-electron chi connectivity index (χ1n) is 7.07. The van der Waals surface area contributed by atoms with Gasteiger partial charge in [-0.15, -0.1) is 0 Å². The molecular weight excluding hydrogens is 239 g/mol. The van der Waals surface area contributed by atoms with E-state index in [1.165, 1.54) is 18.6 Å². The summed E-state index contributed by atoms with van der Waals surface area (Å²) in [6, 6.07) is 6.72. The van der Waals surface area contributed by atoms with E-state index in [1.807, 2.05) is 12.1 Å². The fraction of sp³-hybridized carbons (Fsp3) is 0.625. The fourth-order valence-electron chi connectivity index (χ4n) is 2.22. The zero-order valence-corrected chi connectivity index (χ0v) is 12.6. The molecule has 0 saturated heterocycles. The topological polar surface area (TPSA) is 29.3 Å². The molecule has 0 heterocycles. The number of hydrogen-bond acceptors (Lipinski definition) is 2. The minimum atomic E-state index is -0.189. The van der Waals surface area contributed by atoms with Gasteiger partial charge in [0.1, 0.15) is 5.82 Å². The molecule has 2 unspecified atom stereocenters. The van der Waals surface area contributed by atoms with Gasteiger partial charge in [0.05, 0.1) is 0 Å². The van der Waals surface area contributed by atoms with Crippen LogP contribution in [0.1, 0.15) is 32.8 Å². The number of nitrogens with two attached hydrogens (primary N) is 1. The summed E-state index contributed by atoms with van der Waals surface area (Å²) < 4.78 is 12.9. The van der Waals surface area contributed by atoms with Crippen LogP contribution in [0.15, 0.2) is 24.3 Å². The van der Waals surface area contributed by atoms with Crippen LogP contribution in [0.2, 0.25) is 0 Å². The second-order valence-corrected chi connectivity index (χ2v) is 5.90. The lowest BCUT2D eigenvalue weighted by Gasteiger charge is -2.39. The van der Waals surface area contributed by atoms with Crippen LogP contribution in [-0.4, -0.2) is 30.6 Å². The quantitative estimate of drug-likeness (QED) is 0.822. The summed E-state index contributed by atoms with van der Waals surface area (Å²) in [6.45, 7) is 8.27. The summed E-state index contributed by atoms with van der Waals surface area (Å²) in [5.41, 5.74) is 7.03. The Morgan fingerprint density at radius 3 is 2.37 bits per heavy atom. The van der Waals surface area contributed by atoms with E-state index in [0.29, 0.717) is 12.5 Å². The number of nitrogens with zero attached hydrogens (tertiary/aromatic N) is 1. The summed E-state index contributed by atoms with van der Waals surface area (Å²) in [4.78, 5) is 2.34. The third-order valence-corrected chi connectivity index (χ3v) is 4.14. The number of hydrogen-bond donors (Lipinski definition) is 1. The van der Waals surface area contributed by atoms with Gasteiger partial charge in [-0.05, 0) is 44.0 Å². The molecule has 2 atom stereocenters. The maximum atomic E-state index is 12.9. The van der Waals surface area contributed by atoms with Crippen LogP contribution in [-0.2, 0) is 6.42 Å². The Kier molecular flexibility index (Phi) is 5.95. The van der Waals surface area contributed by atoms with E-state index in [-0.39, 0.29) is 11.4 Å². The molecule has 108 valence electrons. The minimum absolute atomic E-state index is 0.0821. The van der Waals surface area contributed by atoms with Crippen LogP contribution in [0.5, 0.6) is 0 Å². The summed E-state index contributed by atoms with van der Waals surface area (Å²) in [5.74, 6) is 0.468. The van der Waals surface area contributed by atoms with Crippen LogP contribution in [0, 0.1) is 11.7 Å². The molecule has 0 fully saturated rings. The van der Waals surface area contributed by atoms with E-state index in [1.54, 1.807) is 0 Å². The van der Waals surface area contributed by atoms with Gasteiger partial charge in [-0.1, -0.05) is 32.4 Å². The van der Waals surface area contributed by atoms with Crippen LogP contribution >= 0.6 is 0 Å². The maximum absolute atomic E-state index is 12.9. The standard InChI is InChI=1S/C16H27FN2/c1-5-13(2)11-19(4)16(3,12-18)10-14-6-8-15(17)9-7-14/h6-9,13H,5,10-12,18H2,1-4H3. The highest BCUT2D eigenvalue weighted by atomic mass is 19.1. The van der Waals surface area contributed by atoms with E-state index in [2.05, 4.69) is 32.7 Å². The van der Waals surface area contributed by atoms with Gasteiger partial charge in [-0.25, -0.2) is 4.39 Å². The van der Waals surface area contributed by atoms with Gasteiger partial charge in [0.25, 0.3) is 0 Å². The molecule has 0 bridgehead atoms. The molecule has 1 aromatic carbocycles. The maximum Gasteiger partial charge on any atom is 0.123 e. The lowest BCUT2D eigenvalue weighted by molar-refractivity contribution is 0.124. The van der Waals surface area contributed by atoms with Crippen molar-refractivity contribution in [2.24, 2.45) is 11.7 Å². The predicted molar refractivity (Wildman–Crippen MR) is 79.6 cm³/mol. The largest absolute Gasteiger partial charge is 0.329 e. The van der Waals surface area contributed by atoms with E-state index in [9.17, 15) is 4.39 Å². The van der Waals surface area contributed by atoms with Crippen molar-refractivity contribution < 1.29 is 4.39 Å². The average molecular weight is 266 g/mol. The molecule has 0 aromatic heterocycles. The van der Waals surface area contributed by atoms with Crippen molar-refractivity contribution in [2.45, 2.75) is 39.2 Å². The Hall–Kier alpha value is -0.930. The Morgan fingerprint density at radius 1 is 1.32 bits per heavy atom. The van der Waals surface area contributed by atoms with Gasteiger partial charge in [-0.2, -0.15) is 0 Å². The van der Waals surface area contributed by atoms with Gasteiger partial charge in [0.2, 0.25) is 0 Å². The molecule has 0 amide bonds. The average Bonchev–Trinajstić information content (AvgIpc) is 2.41. The van der Waals surface area contributed by atoms with Crippen molar-refractivity contribution in [1.82, 2.24) is 4.90 Å². The summed E-state index contributed by atoms with van der Waals surface area (Å²) in [6.07, 6.45) is 2.01. The van der Waals surface area contributed by atoms with Gasteiger partial charge < -0.3 is 5.73 Å². The van der Waals surface area contributed by atoms with Crippen molar-refractivity contribution >= 4 is 0 Å². The minimum Gasteiger partial charge on any atom is -0.329 e. The summed E-state index contributed by atoms with van der Waals surface area (Å²) in [7, 11) is 2.13. The molecule has 2 N–H and O–H groups in total. The first-order chi connectivity index (χ1) is 8.91. The second-order valence-electron chi connectivity index (χ2n) is 5.90. The fourth-order valence-corrected chi connectivity index (χ4v) is 2.22. The lowest BCUT2D eigenvalue weighted by Crippen LogP contribution is -2.52. The SMILES string of the molecule is CCC(C)CN(C)C(C)(CN)Cc1ccc(F)cc1. The molecule has 0 saturated carbocycles. The highest BCUT2D eigenvalue weighted by Gasteiger charge is 2.28. The molecular formula is C16H27FN2. The summed E-state index contributed by atoms with van der Waals surface area (Å²) >= 11 is 0. The molecule has 0 aliphatic heterocycles. The Bertz CT molecular complexity index is 377. The molecule has 19 heavy (non-hydrogen) atoms. The Morgan fingerprint density at radius 2 is 1.89 bits per heavy atom. The van der Waals surface area contributed by atoms with E-state index >= 15 is 0 Å². The van der Waals surface area contributed by atoms with Crippen LogP contribution in [0.4, 0.5) is 4.39 Å². The van der Waals surface area contributed by atoms with Crippen molar-refractivity contribution in [1.29, 1.82) is 0 Å². The molecule has 2 nitrogen and oxygen atoms in total. The first kappa shape index (κ1) is 16.1. The number of halogens is 1. The first-order valence-corrected chi connectivity index (χ1v) is 7.07. The molecule has 0 spiro atoms. The highest BCUT2D eigenvalue weighted by Crippen LogP contribution is 2.20. The van der Waals surface area contributed by atoms with Crippen molar-refractivity contribution in [3.63, 3.8) is 0 Å². The monoisotopic (exact) mass is 266 g/mol. The lowest BCUT2D eigenvalue weighted by atomic mass is 9.90. The van der Waals surface area contributed by atoms with Crippen molar-refractivity contribution in [3.05, 3.63) is 35.6 Å². The van der Waals surface area contributed by atoms with Crippen LogP contribution in [0.3, 0.4) is 0 Å². The molecule has 1 rings (SSSR count). The van der Waals surface area contributed by atoms with Gasteiger partial charge in [0.15, 0.2) is 0 Å². The van der Waals surface area contributed by atoms with Crippen molar-refractivity contribution in [2.75, 3.05) is 20.1 Å². The number of likely N-dealkylation sites (N-methyl/N-ethyl adjacent to an activating group) is 1. The zero-order valence-electron chi connectivity index (χ0n) is 12.6.